The Kier molecular flexibility index (Phi) is 7.82. The Morgan fingerprint density at radius 2 is 1.81 bits per heavy atom. The Morgan fingerprint density at radius 3 is 2.56 bits per heavy atom. The second-order valence-electron chi connectivity index (χ2n) is 5.97. The minimum atomic E-state index is -2.85. The number of carbonyl (C=O) groups is 1. The van der Waals surface area contributed by atoms with Crippen molar-refractivity contribution in [2.24, 2.45) is 0 Å². The number of rotatable bonds is 5. The summed E-state index contributed by atoms with van der Waals surface area (Å²) >= 11 is 0. The van der Waals surface area contributed by atoms with Crippen molar-refractivity contribution in [1.29, 1.82) is 0 Å². The van der Waals surface area contributed by atoms with Crippen molar-refractivity contribution in [3.8, 4) is 5.75 Å². The van der Waals surface area contributed by atoms with E-state index < -0.39 is 6.61 Å². The highest BCUT2D eigenvalue weighted by Gasteiger charge is 2.19. The third-order valence-electron chi connectivity index (χ3n) is 4.14. The SMILES string of the molecule is Cl.O=C(c1ccccc1Nc1ccc(OC(F)F)cc1)N1CCCNCC1. The van der Waals surface area contributed by atoms with Gasteiger partial charge in [-0.25, -0.2) is 0 Å². The zero-order valence-electron chi connectivity index (χ0n) is 14.7. The van der Waals surface area contributed by atoms with Crippen molar-refractivity contribution in [3.05, 3.63) is 54.1 Å². The van der Waals surface area contributed by atoms with Gasteiger partial charge in [-0.15, -0.1) is 12.4 Å². The van der Waals surface area contributed by atoms with Crippen LogP contribution in [-0.2, 0) is 0 Å². The van der Waals surface area contributed by atoms with E-state index in [0.29, 0.717) is 23.5 Å². The zero-order chi connectivity index (χ0) is 18.4. The molecule has 1 heterocycles. The van der Waals surface area contributed by atoms with Gasteiger partial charge in [-0.05, 0) is 49.4 Å². The van der Waals surface area contributed by atoms with Crippen LogP contribution in [0, 0.1) is 0 Å². The molecule has 1 amide bonds. The van der Waals surface area contributed by atoms with Gasteiger partial charge in [-0.1, -0.05) is 12.1 Å². The summed E-state index contributed by atoms with van der Waals surface area (Å²) in [5.74, 6) is 0.0708. The third-order valence-corrected chi connectivity index (χ3v) is 4.14. The molecule has 1 aliphatic rings. The first-order chi connectivity index (χ1) is 12.6. The molecule has 1 saturated heterocycles. The molecule has 0 bridgehead atoms. The number of para-hydroxylation sites is 1. The molecule has 5 nitrogen and oxygen atoms in total. The van der Waals surface area contributed by atoms with Crippen molar-refractivity contribution < 1.29 is 18.3 Å². The number of nitrogens with zero attached hydrogens (tertiary/aromatic N) is 1. The molecule has 27 heavy (non-hydrogen) atoms. The van der Waals surface area contributed by atoms with Crippen LogP contribution >= 0.6 is 12.4 Å². The van der Waals surface area contributed by atoms with Crippen LogP contribution < -0.4 is 15.4 Å². The van der Waals surface area contributed by atoms with Gasteiger partial charge >= 0.3 is 6.61 Å². The lowest BCUT2D eigenvalue weighted by atomic mass is 10.1. The first-order valence-electron chi connectivity index (χ1n) is 8.54. The maximum Gasteiger partial charge on any atom is 0.387 e. The molecule has 0 radical (unpaired) electrons. The summed E-state index contributed by atoms with van der Waals surface area (Å²) in [7, 11) is 0. The van der Waals surface area contributed by atoms with Gasteiger partial charge in [0.15, 0.2) is 0 Å². The molecule has 0 aliphatic carbocycles. The van der Waals surface area contributed by atoms with Crippen molar-refractivity contribution in [2.45, 2.75) is 13.0 Å². The van der Waals surface area contributed by atoms with Gasteiger partial charge in [0, 0.05) is 25.3 Å². The molecule has 2 aromatic carbocycles. The van der Waals surface area contributed by atoms with Crippen LogP contribution in [0.5, 0.6) is 5.75 Å². The highest BCUT2D eigenvalue weighted by molar-refractivity contribution is 6.00. The van der Waals surface area contributed by atoms with Gasteiger partial charge in [-0.2, -0.15) is 8.78 Å². The molecule has 0 unspecified atom stereocenters. The Bertz CT molecular complexity index is 736. The minimum Gasteiger partial charge on any atom is -0.435 e. The first kappa shape index (κ1) is 20.9. The van der Waals surface area contributed by atoms with Crippen molar-refractivity contribution >= 4 is 29.7 Å². The molecular weight excluding hydrogens is 376 g/mol. The van der Waals surface area contributed by atoms with E-state index in [4.69, 9.17) is 0 Å². The van der Waals surface area contributed by atoms with Gasteiger partial charge < -0.3 is 20.3 Å². The highest BCUT2D eigenvalue weighted by Crippen LogP contribution is 2.24. The highest BCUT2D eigenvalue weighted by atomic mass is 35.5. The maximum atomic E-state index is 12.9. The summed E-state index contributed by atoms with van der Waals surface area (Å²) in [6.45, 7) is 0.242. The summed E-state index contributed by atoms with van der Waals surface area (Å²) in [6.07, 6.45) is 0.924. The second-order valence-corrected chi connectivity index (χ2v) is 5.97. The predicted molar refractivity (Wildman–Crippen MR) is 103 cm³/mol. The normalized spacial score (nSPS) is 14.3. The number of anilines is 2. The van der Waals surface area contributed by atoms with E-state index in [9.17, 15) is 13.6 Å². The van der Waals surface area contributed by atoms with E-state index in [1.165, 1.54) is 12.1 Å². The number of alkyl halides is 2. The van der Waals surface area contributed by atoms with Crippen molar-refractivity contribution in [1.82, 2.24) is 10.2 Å². The first-order valence-corrected chi connectivity index (χ1v) is 8.54. The predicted octanol–water partition coefficient (Wildman–Crippen LogP) is 3.89. The van der Waals surface area contributed by atoms with Crippen LogP contribution in [0.1, 0.15) is 16.8 Å². The van der Waals surface area contributed by atoms with Crippen molar-refractivity contribution in [3.63, 3.8) is 0 Å². The number of hydrogen-bond donors (Lipinski definition) is 2. The van der Waals surface area contributed by atoms with Crippen LogP contribution in [0.25, 0.3) is 0 Å². The smallest absolute Gasteiger partial charge is 0.387 e. The molecule has 0 aromatic heterocycles. The number of amides is 1. The molecule has 0 spiro atoms. The van der Waals surface area contributed by atoms with Crippen LogP contribution in [0.2, 0.25) is 0 Å². The Balaban J connectivity index is 0.00000261. The molecule has 0 saturated carbocycles. The van der Waals surface area contributed by atoms with E-state index in [0.717, 1.165) is 26.1 Å². The van der Waals surface area contributed by atoms with Gasteiger partial charge in [0.05, 0.1) is 11.3 Å². The summed E-state index contributed by atoms with van der Waals surface area (Å²) in [5, 5.41) is 6.46. The van der Waals surface area contributed by atoms with E-state index in [2.05, 4.69) is 15.4 Å². The van der Waals surface area contributed by atoms with E-state index in [1.807, 2.05) is 23.1 Å². The van der Waals surface area contributed by atoms with Gasteiger partial charge in [0.2, 0.25) is 0 Å². The zero-order valence-corrected chi connectivity index (χ0v) is 15.5. The lowest BCUT2D eigenvalue weighted by molar-refractivity contribution is -0.0498. The summed E-state index contributed by atoms with van der Waals surface area (Å²) in [5.41, 5.74) is 1.95. The Hall–Kier alpha value is -2.38. The molecule has 8 heteroatoms. The average molecular weight is 398 g/mol. The standard InChI is InChI=1S/C19H21F2N3O2.ClH/c20-19(21)26-15-8-6-14(7-9-15)23-17-5-2-1-4-16(17)18(25)24-12-3-10-22-11-13-24;/h1-2,4-9,19,22-23H,3,10-13H2;1H. The summed E-state index contributed by atoms with van der Waals surface area (Å²) in [4.78, 5) is 14.7. The number of nitrogens with one attached hydrogen (secondary N) is 2. The topological polar surface area (TPSA) is 53.6 Å². The Labute approximate surface area is 163 Å². The fourth-order valence-corrected chi connectivity index (χ4v) is 2.87. The maximum absolute atomic E-state index is 12.9. The molecular formula is C19H22ClF2N3O2. The van der Waals surface area contributed by atoms with Crippen LogP contribution in [0.4, 0.5) is 20.2 Å². The lowest BCUT2D eigenvalue weighted by Crippen LogP contribution is -2.34. The molecule has 3 rings (SSSR count). The quantitative estimate of drug-likeness (QED) is 0.803. The van der Waals surface area contributed by atoms with Gasteiger partial charge in [0.1, 0.15) is 5.75 Å². The summed E-state index contributed by atoms with van der Waals surface area (Å²) in [6, 6.07) is 13.5. The number of hydrogen-bond acceptors (Lipinski definition) is 4. The van der Waals surface area contributed by atoms with Crippen LogP contribution in [0.3, 0.4) is 0 Å². The molecule has 2 aromatic rings. The van der Waals surface area contributed by atoms with E-state index in [1.54, 1.807) is 18.2 Å². The molecule has 146 valence electrons. The molecule has 0 atom stereocenters. The molecule has 2 N–H and O–H groups in total. The fraction of sp³-hybridized carbons (Fsp3) is 0.316. The van der Waals surface area contributed by atoms with Crippen LogP contribution in [-0.4, -0.2) is 43.6 Å². The Morgan fingerprint density at radius 1 is 1.07 bits per heavy atom. The minimum absolute atomic E-state index is 0. The average Bonchev–Trinajstić information content (AvgIpc) is 2.92. The number of ether oxygens (including phenoxy) is 1. The van der Waals surface area contributed by atoms with Gasteiger partial charge in [0.25, 0.3) is 5.91 Å². The molecule has 1 fully saturated rings. The van der Waals surface area contributed by atoms with E-state index >= 15 is 0 Å². The van der Waals surface area contributed by atoms with E-state index in [-0.39, 0.29) is 24.1 Å². The van der Waals surface area contributed by atoms with Gasteiger partial charge in [-0.3, -0.25) is 4.79 Å². The van der Waals surface area contributed by atoms with Crippen molar-refractivity contribution in [2.75, 3.05) is 31.5 Å². The third kappa shape index (κ3) is 5.80. The molecule has 1 aliphatic heterocycles. The summed E-state index contributed by atoms with van der Waals surface area (Å²) < 4.78 is 28.8. The lowest BCUT2D eigenvalue weighted by Gasteiger charge is -2.22. The largest absolute Gasteiger partial charge is 0.435 e. The monoisotopic (exact) mass is 397 g/mol. The number of benzene rings is 2. The van der Waals surface area contributed by atoms with Crippen LogP contribution in [0.15, 0.2) is 48.5 Å². The second kappa shape index (κ2) is 10.1. The number of halogens is 3. The number of carbonyl (C=O) groups excluding carboxylic acids is 1. The fourth-order valence-electron chi connectivity index (χ4n) is 2.87.